The lowest BCUT2D eigenvalue weighted by molar-refractivity contribution is 0.0520. The first-order valence-corrected chi connectivity index (χ1v) is 5.71. The van der Waals surface area contributed by atoms with Crippen molar-refractivity contribution in [2.45, 2.75) is 13.8 Å². The van der Waals surface area contributed by atoms with Crippen molar-refractivity contribution in [2.75, 3.05) is 6.61 Å². The average molecular weight is 237 g/mol. The van der Waals surface area contributed by atoms with Crippen molar-refractivity contribution in [3.63, 3.8) is 0 Å². The first kappa shape index (κ1) is 10.9. The number of rotatable bonds is 3. The maximum absolute atomic E-state index is 11.6. The van der Waals surface area contributed by atoms with E-state index in [1.165, 1.54) is 6.39 Å². The molecule has 0 bridgehead atoms. The highest BCUT2D eigenvalue weighted by Gasteiger charge is 2.20. The molecular weight excluding hydrogens is 226 g/mol. The molecule has 0 saturated carbocycles. The van der Waals surface area contributed by atoms with E-state index in [0.717, 1.165) is 9.75 Å². The standard InChI is InChI=1S/C11H11NO3S/c1-3-14-11(13)9-10(15-6-12-9)8-5-4-7(2)16-8/h4-6H,3H2,1-2H3. The second kappa shape index (κ2) is 4.49. The van der Waals surface area contributed by atoms with Crippen LogP contribution in [0.3, 0.4) is 0 Å². The van der Waals surface area contributed by atoms with Crippen LogP contribution in [0, 0.1) is 6.92 Å². The van der Waals surface area contributed by atoms with Crippen LogP contribution in [-0.2, 0) is 4.74 Å². The van der Waals surface area contributed by atoms with E-state index in [4.69, 9.17) is 9.15 Å². The molecule has 2 aromatic rings. The van der Waals surface area contributed by atoms with Gasteiger partial charge in [-0.25, -0.2) is 9.78 Å². The number of aromatic nitrogens is 1. The van der Waals surface area contributed by atoms with Crippen molar-refractivity contribution in [1.29, 1.82) is 0 Å². The Morgan fingerprint density at radius 1 is 1.56 bits per heavy atom. The summed E-state index contributed by atoms with van der Waals surface area (Å²) in [6.07, 6.45) is 1.26. The van der Waals surface area contributed by atoms with Crippen LogP contribution in [0.5, 0.6) is 0 Å². The van der Waals surface area contributed by atoms with Crippen LogP contribution in [0.4, 0.5) is 0 Å². The number of thiophene rings is 1. The van der Waals surface area contributed by atoms with Crippen molar-refractivity contribution in [1.82, 2.24) is 4.98 Å². The topological polar surface area (TPSA) is 52.3 Å². The Morgan fingerprint density at radius 2 is 2.38 bits per heavy atom. The number of aryl methyl sites for hydroxylation is 1. The fourth-order valence-electron chi connectivity index (χ4n) is 1.32. The van der Waals surface area contributed by atoms with Crippen molar-refractivity contribution in [2.24, 2.45) is 0 Å². The van der Waals surface area contributed by atoms with Gasteiger partial charge >= 0.3 is 5.97 Å². The third-order valence-corrected chi connectivity index (χ3v) is 3.00. The molecule has 0 spiro atoms. The van der Waals surface area contributed by atoms with Crippen LogP contribution in [0.1, 0.15) is 22.3 Å². The fourth-order valence-corrected chi connectivity index (χ4v) is 2.18. The third kappa shape index (κ3) is 1.99. The molecule has 0 aliphatic heterocycles. The number of carbonyl (C=O) groups is 1. The molecular formula is C11H11NO3S. The van der Waals surface area contributed by atoms with Gasteiger partial charge in [0.05, 0.1) is 11.5 Å². The number of esters is 1. The van der Waals surface area contributed by atoms with Gasteiger partial charge in [-0.1, -0.05) is 0 Å². The average Bonchev–Trinajstić information content (AvgIpc) is 2.85. The van der Waals surface area contributed by atoms with E-state index in [9.17, 15) is 4.79 Å². The zero-order valence-electron chi connectivity index (χ0n) is 9.02. The molecule has 2 aromatic heterocycles. The lowest BCUT2D eigenvalue weighted by Gasteiger charge is -1.98. The zero-order valence-corrected chi connectivity index (χ0v) is 9.84. The number of nitrogens with zero attached hydrogens (tertiary/aromatic N) is 1. The normalized spacial score (nSPS) is 10.4. The molecule has 0 aliphatic carbocycles. The number of ether oxygens (including phenoxy) is 1. The van der Waals surface area contributed by atoms with Crippen molar-refractivity contribution in [3.05, 3.63) is 29.1 Å². The fraction of sp³-hybridized carbons (Fsp3) is 0.273. The summed E-state index contributed by atoms with van der Waals surface area (Å²) in [6, 6.07) is 3.88. The van der Waals surface area contributed by atoms with Gasteiger partial charge in [-0.2, -0.15) is 0 Å². The Balaban J connectivity index is 2.36. The van der Waals surface area contributed by atoms with Crippen LogP contribution in [0.25, 0.3) is 10.6 Å². The predicted molar refractivity (Wildman–Crippen MR) is 60.5 cm³/mol. The molecule has 0 aliphatic rings. The van der Waals surface area contributed by atoms with Gasteiger partial charge in [0.1, 0.15) is 0 Å². The van der Waals surface area contributed by atoms with E-state index in [2.05, 4.69) is 4.98 Å². The highest BCUT2D eigenvalue weighted by Crippen LogP contribution is 2.30. The Morgan fingerprint density at radius 3 is 3.00 bits per heavy atom. The van der Waals surface area contributed by atoms with E-state index in [0.29, 0.717) is 12.4 Å². The molecule has 0 aromatic carbocycles. The van der Waals surface area contributed by atoms with Crippen molar-refractivity contribution >= 4 is 17.3 Å². The van der Waals surface area contributed by atoms with E-state index < -0.39 is 5.97 Å². The van der Waals surface area contributed by atoms with Crippen LogP contribution in [-0.4, -0.2) is 17.6 Å². The van der Waals surface area contributed by atoms with Crippen LogP contribution in [0.2, 0.25) is 0 Å². The molecule has 2 heterocycles. The summed E-state index contributed by atoms with van der Waals surface area (Å²) in [6.45, 7) is 4.08. The summed E-state index contributed by atoms with van der Waals surface area (Å²) >= 11 is 1.55. The van der Waals surface area contributed by atoms with E-state index in [1.54, 1.807) is 18.3 Å². The zero-order chi connectivity index (χ0) is 11.5. The monoisotopic (exact) mass is 237 g/mol. The van der Waals surface area contributed by atoms with Crippen LogP contribution >= 0.6 is 11.3 Å². The number of hydrogen-bond donors (Lipinski definition) is 0. The van der Waals surface area contributed by atoms with Crippen molar-refractivity contribution < 1.29 is 13.9 Å². The SMILES string of the molecule is CCOC(=O)c1ncoc1-c1ccc(C)s1. The summed E-state index contributed by atoms with van der Waals surface area (Å²) in [5, 5.41) is 0. The maximum atomic E-state index is 11.6. The van der Waals surface area contributed by atoms with E-state index >= 15 is 0 Å². The highest BCUT2D eigenvalue weighted by molar-refractivity contribution is 7.15. The molecule has 2 rings (SSSR count). The van der Waals surface area contributed by atoms with Gasteiger partial charge in [-0.15, -0.1) is 11.3 Å². The third-order valence-electron chi connectivity index (χ3n) is 2.00. The number of hydrogen-bond acceptors (Lipinski definition) is 5. The molecule has 5 heteroatoms. The second-order valence-corrected chi connectivity index (χ2v) is 4.45. The smallest absolute Gasteiger partial charge is 0.361 e. The maximum Gasteiger partial charge on any atom is 0.361 e. The lowest BCUT2D eigenvalue weighted by Crippen LogP contribution is -2.05. The minimum Gasteiger partial charge on any atom is -0.461 e. The van der Waals surface area contributed by atoms with Gasteiger partial charge in [-0.05, 0) is 26.0 Å². The first-order valence-electron chi connectivity index (χ1n) is 4.89. The van der Waals surface area contributed by atoms with Gasteiger partial charge in [0.25, 0.3) is 0 Å². The van der Waals surface area contributed by atoms with Gasteiger partial charge in [-0.3, -0.25) is 0 Å². The first-order chi connectivity index (χ1) is 7.72. The molecule has 0 radical (unpaired) electrons. The molecule has 0 saturated heterocycles. The molecule has 0 unspecified atom stereocenters. The predicted octanol–water partition coefficient (Wildman–Crippen LogP) is 2.89. The molecule has 0 fully saturated rings. The summed E-state index contributed by atoms with van der Waals surface area (Å²) in [5.41, 5.74) is 0.240. The number of carbonyl (C=O) groups excluding carboxylic acids is 1. The molecule has 0 N–H and O–H groups in total. The molecule has 0 atom stereocenters. The second-order valence-electron chi connectivity index (χ2n) is 3.16. The lowest BCUT2D eigenvalue weighted by atomic mass is 10.3. The minimum atomic E-state index is -0.447. The minimum absolute atomic E-state index is 0.240. The summed E-state index contributed by atoms with van der Waals surface area (Å²) in [7, 11) is 0. The summed E-state index contributed by atoms with van der Waals surface area (Å²) < 4.78 is 10.1. The summed E-state index contributed by atoms with van der Waals surface area (Å²) in [4.78, 5) is 17.5. The highest BCUT2D eigenvalue weighted by atomic mass is 32.1. The van der Waals surface area contributed by atoms with Gasteiger partial charge < -0.3 is 9.15 Å². The Kier molecular flexibility index (Phi) is 3.05. The van der Waals surface area contributed by atoms with Crippen molar-refractivity contribution in [3.8, 4) is 10.6 Å². The molecule has 4 nitrogen and oxygen atoms in total. The summed E-state index contributed by atoms with van der Waals surface area (Å²) in [5.74, 6) is 0.0360. The number of oxazole rings is 1. The van der Waals surface area contributed by atoms with Gasteiger partial charge in [0.2, 0.25) is 0 Å². The van der Waals surface area contributed by atoms with Crippen LogP contribution < -0.4 is 0 Å². The Hall–Kier alpha value is -1.62. The Bertz CT molecular complexity index is 501. The molecule has 84 valence electrons. The Labute approximate surface area is 96.9 Å². The van der Waals surface area contributed by atoms with Crippen LogP contribution in [0.15, 0.2) is 22.9 Å². The largest absolute Gasteiger partial charge is 0.461 e. The van der Waals surface area contributed by atoms with E-state index in [1.807, 2.05) is 19.1 Å². The molecule has 16 heavy (non-hydrogen) atoms. The van der Waals surface area contributed by atoms with Gasteiger partial charge in [0.15, 0.2) is 17.8 Å². The van der Waals surface area contributed by atoms with Gasteiger partial charge in [0, 0.05) is 4.88 Å². The molecule has 0 amide bonds. The van der Waals surface area contributed by atoms with E-state index in [-0.39, 0.29) is 5.69 Å². The quantitative estimate of drug-likeness (QED) is 0.770.